The van der Waals surface area contributed by atoms with Gasteiger partial charge in [-0.15, -0.1) is 0 Å². The zero-order valence-corrected chi connectivity index (χ0v) is 9.70. The average molecular weight is 233 g/mol. The highest BCUT2D eigenvalue weighted by molar-refractivity contribution is 8.17. The number of aliphatic imine (C=N–C) groups is 1. The second-order valence-electron chi connectivity index (χ2n) is 3.28. The smallest absolute Gasteiger partial charge is 0.231 e. The van der Waals surface area contributed by atoms with E-state index in [-0.39, 0.29) is 5.91 Å². The minimum atomic E-state index is -0.0975. The third kappa shape index (κ3) is 2.14. The van der Waals surface area contributed by atoms with Crippen molar-refractivity contribution in [2.45, 2.75) is 6.92 Å². The van der Waals surface area contributed by atoms with Crippen molar-refractivity contribution >= 4 is 28.7 Å². The standard InChI is InChI=1S/C11H11N3OS/c1-8-7-13-11(16-8)14(9(2)15)10-5-3-4-6-12-10/h3-6H,1,7H2,2H3. The number of carbonyl (C=O) groups is 1. The number of hydrogen-bond acceptors (Lipinski definition) is 4. The van der Waals surface area contributed by atoms with E-state index in [4.69, 9.17) is 0 Å². The van der Waals surface area contributed by atoms with Crippen LogP contribution < -0.4 is 4.90 Å². The zero-order chi connectivity index (χ0) is 11.5. The molecule has 0 saturated carbocycles. The molecule has 4 nitrogen and oxygen atoms in total. The first kappa shape index (κ1) is 10.9. The Morgan fingerprint density at radius 2 is 2.38 bits per heavy atom. The van der Waals surface area contributed by atoms with Crippen LogP contribution in [0.1, 0.15) is 6.92 Å². The summed E-state index contributed by atoms with van der Waals surface area (Å²) in [5, 5.41) is 0.649. The summed E-state index contributed by atoms with van der Waals surface area (Å²) >= 11 is 1.42. The molecule has 1 aromatic rings. The minimum Gasteiger partial charge on any atom is -0.274 e. The number of nitrogens with zero attached hydrogens (tertiary/aromatic N) is 3. The van der Waals surface area contributed by atoms with Crippen molar-refractivity contribution in [1.82, 2.24) is 4.98 Å². The number of amidine groups is 1. The van der Waals surface area contributed by atoms with Crippen LogP contribution in [0, 0.1) is 0 Å². The fourth-order valence-electron chi connectivity index (χ4n) is 1.35. The first-order valence-corrected chi connectivity index (χ1v) is 5.62. The van der Waals surface area contributed by atoms with Gasteiger partial charge in [0.05, 0.1) is 6.54 Å². The van der Waals surface area contributed by atoms with E-state index in [0.717, 1.165) is 4.91 Å². The summed E-state index contributed by atoms with van der Waals surface area (Å²) in [5.41, 5.74) is 0. The van der Waals surface area contributed by atoms with Crippen LogP contribution >= 0.6 is 11.8 Å². The maximum absolute atomic E-state index is 11.6. The Morgan fingerprint density at radius 1 is 1.56 bits per heavy atom. The highest BCUT2D eigenvalue weighted by Gasteiger charge is 2.23. The number of anilines is 1. The monoisotopic (exact) mass is 233 g/mol. The van der Waals surface area contributed by atoms with E-state index < -0.39 is 0 Å². The quantitative estimate of drug-likeness (QED) is 0.745. The number of pyridine rings is 1. The second kappa shape index (κ2) is 4.49. The first-order valence-electron chi connectivity index (χ1n) is 4.80. The van der Waals surface area contributed by atoms with E-state index in [9.17, 15) is 4.79 Å². The van der Waals surface area contributed by atoms with Gasteiger partial charge in [0, 0.05) is 18.0 Å². The summed E-state index contributed by atoms with van der Waals surface area (Å²) in [4.78, 5) is 22.5. The van der Waals surface area contributed by atoms with E-state index in [1.54, 1.807) is 12.3 Å². The number of carbonyl (C=O) groups excluding carboxylic acids is 1. The third-order valence-electron chi connectivity index (χ3n) is 2.01. The lowest BCUT2D eigenvalue weighted by Gasteiger charge is -2.18. The fraction of sp³-hybridized carbons (Fsp3) is 0.182. The molecule has 0 aromatic carbocycles. The molecule has 0 N–H and O–H groups in total. The predicted octanol–water partition coefficient (Wildman–Crippen LogP) is 2.05. The van der Waals surface area contributed by atoms with Gasteiger partial charge in [-0.25, -0.2) is 9.88 Å². The van der Waals surface area contributed by atoms with E-state index in [1.165, 1.54) is 23.6 Å². The molecular formula is C11H11N3OS. The Morgan fingerprint density at radius 3 is 2.88 bits per heavy atom. The maximum Gasteiger partial charge on any atom is 0.231 e. The highest BCUT2D eigenvalue weighted by Crippen LogP contribution is 2.27. The molecule has 0 spiro atoms. The summed E-state index contributed by atoms with van der Waals surface area (Å²) < 4.78 is 0. The molecule has 0 radical (unpaired) electrons. The number of amides is 1. The maximum atomic E-state index is 11.6. The van der Waals surface area contributed by atoms with Gasteiger partial charge in [0.25, 0.3) is 0 Å². The minimum absolute atomic E-state index is 0.0975. The Kier molecular flexibility index (Phi) is 3.05. The molecular weight excluding hydrogens is 222 g/mol. The Labute approximate surface area is 98.1 Å². The van der Waals surface area contributed by atoms with E-state index in [2.05, 4.69) is 16.6 Å². The van der Waals surface area contributed by atoms with Crippen LogP contribution in [0.25, 0.3) is 0 Å². The lowest BCUT2D eigenvalue weighted by atomic mass is 10.4. The molecule has 1 aromatic heterocycles. The van der Waals surface area contributed by atoms with E-state index in [0.29, 0.717) is 17.5 Å². The van der Waals surface area contributed by atoms with Crippen molar-refractivity contribution in [1.29, 1.82) is 0 Å². The molecule has 0 saturated heterocycles. The van der Waals surface area contributed by atoms with Gasteiger partial charge < -0.3 is 0 Å². The molecule has 1 aliphatic rings. The molecule has 1 aliphatic heterocycles. The van der Waals surface area contributed by atoms with Crippen molar-refractivity contribution in [3.05, 3.63) is 35.9 Å². The number of thioether (sulfide) groups is 1. The largest absolute Gasteiger partial charge is 0.274 e. The summed E-state index contributed by atoms with van der Waals surface area (Å²) in [7, 11) is 0. The normalized spacial score (nSPS) is 14.8. The lowest BCUT2D eigenvalue weighted by Crippen LogP contribution is -2.33. The molecule has 82 valence electrons. The fourth-order valence-corrected chi connectivity index (χ4v) is 2.18. The second-order valence-corrected chi connectivity index (χ2v) is 4.43. The SMILES string of the molecule is C=C1CN=C(N(C(C)=O)c2ccccn2)S1. The Balaban J connectivity index is 2.32. The van der Waals surface area contributed by atoms with Gasteiger partial charge in [0.2, 0.25) is 5.91 Å². The first-order chi connectivity index (χ1) is 7.68. The average Bonchev–Trinajstić information content (AvgIpc) is 2.66. The van der Waals surface area contributed by atoms with Crippen LogP contribution in [0.3, 0.4) is 0 Å². The number of hydrogen-bond donors (Lipinski definition) is 0. The van der Waals surface area contributed by atoms with Crippen LogP contribution in [0.4, 0.5) is 5.82 Å². The van der Waals surface area contributed by atoms with Gasteiger partial charge in [-0.1, -0.05) is 24.4 Å². The topological polar surface area (TPSA) is 45.6 Å². The number of rotatable bonds is 1. The summed E-state index contributed by atoms with van der Waals surface area (Å²) in [6, 6.07) is 5.43. The van der Waals surface area contributed by atoms with Gasteiger partial charge >= 0.3 is 0 Å². The number of aromatic nitrogens is 1. The van der Waals surface area contributed by atoms with Crippen LogP contribution in [0.5, 0.6) is 0 Å². The molecule has 0 aliphatic carbocycles. The third-order valence-corrected chi connectivity index (χ3v) is 2.92. The molecule has 2 heterocycles. The van der Waals surface area contributed by atoms with Crippen molar-refractivity contribution in [3.63, 3.8) is 0 Å². The van der Waals surface area contributed by atoms with Crippen molar-refractivity contribution in [2.75, 3.05) is 11.4 Å². The summed E-state index contributed by atoms with van der Waals surface area (Å²) in [6.07, 6.45) is 1.65. The van der Waals surface area contributed by atoms with Gasteiger partial charge in [0.1, 0.15) is 5.82 Å². The van der Waals surface area contributed by atoms with Crippen LogP contribution in [-0.2, 0) is 4.79 Å². The van der Waals surface area contributed by atoms with Crippen molar-refractivity contribution in [3.8, 4) is 0 Å². The lowest BCUT2D eigenvalue weighted by molar-refractivity contribution is -0.115. The molecule has 0 fully saturated rings. The summed E-state index contributed by atoms with van der Waals surface area (Å²) in [5.74, 6) is 0.496. The van der Waals surface area contributed by atoms with Crippen molar-refractivity contribution in [2.24, 2.45) is 4.99 Å². The van der Waals surface area contributed by atoms with Gasteiger partial charge in [-0.2, -0.15) is 0 Å². The molecule has 5 heteroatoms. The molecule has 1 amide bonds. The molecule has 2 rings (SSSR count). The Hall–Kier alpha value is -1.62. The van der Waals surface area contributed by atoms with Gasteiger partial charge in [-0.3, -0.25) is 9.79 Å². The zero-order valence-electron chi connectivity index (χ0n) is 8.88. The summed E-state index contributed by atoms with van der Waals surface area (Å²) in [6.45, 7) is 5.89. The van der Waals surface area contributed by atoms with Gasteiger partial charge in [0.15, 0.2) is 5.17 Å². The van der Waals surface area contributed by atoms with Crippen LogP contribution in [0.2, 0.25) is 0 Å². The van der Waals surface area contributed by atoms with E-state index in [1.807, 2.05) is 12.1 Å². The van der Waals surface area contributed by atoms with Crippen molar-refractivity contribution < 1.29 is 4.79 Å². The molecule has 0 unspecified atom stereocenters. The Bertz CT molecular complexity index is 456. The molecule has 0 bridgehead atoms. The van der Waals surface area contributed by atoms with Crippen LogP contribution in [0.15, 0.2) is 40.9 Å². The highest BCUT2D eigenvalue weighted by atomic mass is 32.2. The molecule has 0 atom stereocenters. The van der Waals surface area contributed by atoms with Crippen LogP contribution in [-0.4, -0.2) is 22.6 Å². The predicted molar refractivity (Wildman–Crippen MR) is 66.4 cm³/mol. The molecule has 16 heavy (non-hydrogen) atoms. The van der Waals surface area contributed by atoms with E-state index >= 15 is 0 Å². The van der Waals surface area contributed by atoms with Gasteiger partial charge in [-0.05, 0) is 12.1 Å².